The van der Waals surface area contributed by atoms with E-state index < -0.39 is 0 Å². The molecule has 0 aliphatic carbocycles. The van der Waals surface area contributed by atoms with Crippen molar-refractivity contribution in [3.05, 3.63) is 35.7 Å². The molecule has 0 unspecified atom stereocenters. The van der Waals surface area contributed by atoms with E-state index >= 15 is 0 Å². The molecule has 0 fully saturated rings. The van der Waals surface area contributed by atoms with Crippen molar-refractivity contribution in [2.75, 3.05) is 0 Å². The average Bonchev–Trinajstić information content (AvgIpc) is 2.36. The molecule has 2 nitrogen and oxygen atoms in total. The first-order valence-corrected chi connectivity index (χ1v) is 7.02. The minimum absolute atomic E-state index is 0.0442. The zero-order chi connectivity index (χ0) is 14.3. The third kappa shape index (κ3) is 2.78. The van der Waals surface area contributed by atoms with Crippen molar-refractivity contribution >= 4 is 11.0 Å². The van der Waals surface area contributed by atoms with Crippen LogP contribution in [0.5, 0.6) is 0 Å². The van der Waals surface area contributed by atoms with Crippen LogP contribution < -0.4 is 0 Å². The van der Waals surface area contributed by atoms with E-state index in [1.807, 2.05) is 6.20 Å². The molecule has 2 rings (SSSR count). The van der Waals surface area contributed by atoms with Crippen LogP contribution in [0.2, 0.25) is 0 Å². The fraction of sp³-hybridized carbons (Fsp3) is 0.529. The minimum Gasteiger partial charge on any atom is -0.253 e. The zero-order valence-corrected chi connectivity index (χ0v) is 12.9. The molecule has 1 aromatic carbocycles. The van der Waals surface area contributed by atoms with Crippen LogP contribution in [0.4, 0.5) is 0 Å². The van der Waals surface area contributed by atoms with E-state index in [4.69, 9.17) is 4.98 Å². The molecule has 0 spiro atoms. The van der Waals surface area contributed by atoms with Crippen LogP contribution in [-0.4, -0.2) is 9.97 Å². The van der Waals surface area contributed by atoms with E-state index in [0.29, 0.717) is 0 Å². The summed E-state index contributed by atoms with van der Waals surface area (Å²) in [4.78, 5) is 9.33. The van der Waals surface area contributed by atoms with Gasteiger partial charge in [0.25, 0.3) is 0 Å². The summed E-state index contributed by atoms with van der Waals surface area (Å²) < 4.78 is 0. The highest BCUT2D eigenvalue weighted by Crippen LogP contribution is 2.29. The standard InChI is InChI=1S/C17H24N2/c1-7-17(5,6)12-8-9-13-14(10-12)18-11-15(19-13)16(2,3)4/h8-11H,7H2,1-6H3. The van der Waals surface area contributed by atoms with E-state index in [0.717, 1.165) is 23.1 Å². The third-order valence-corrected chi connectivity index (χ3v) is 3.98. The molecule has 102 valence electrons. The van der Waals surface area contributed by atoms with Gasteiger partial charge in [-0.15, -0.1) is 0 Å². The van der Waals surface area contributed by atoms with Crippen LogP contribution in [0.3, 0.4) is 0 Å². The Morgan fingerprint density at radius 2 is 1.68 bits per heavy atom. The van der Waals surface area contributed by atoms with Crippen LogP contribution in [-0.2, 0) is 10.8 Å². The molecule has 0 N–H and O–H groups in total. The molecule has 19 heavy (non-hydrogen) atoms. The van der Waals surface area contributed by atoms with Gasteiger partial charge in [-0.25, -0.2) is 4.98 Å². The van der Waals surface area contributed by atoms with Gasteiger partial charge in [0.1, 0.15) is 0 Å². The van der Waals surface area contributed by atoms with Crippen molar-refractivity contribution in [2.24, 2.45) is 0 Å². The number of hydrogen-bond donors (Lipinski definition) is 0. The first kappa shape index (κ1) is 14.0. The Labute approximate surface area is 116 Å². The SMILES string of the molecule is CCC(C)(C)c1ccc2nc(C(C)(C)C)cnc2c1. The lowest BCUT2D eigenvalue weighted by atomic mass is 9.82. The molecule has 2 heteroatoms. The Hall–Kier alpha value is -1.44. The zero-order valence-electron chi connectivity index (χ0n) is 12.9. The lowest BCUT2D eigenvalue weighted by molar-refractivity contribution is 0.506. The number of hydrogen-bond acceptors (Lipinski definition) is 2. The predicted molar refractivity (Wildman–Crippen MR) is 81.6 cm³/mol. The lowest BCUT2D eigenvalue weighted by Gasteiger charge is -2.23. The van der Waals surface area contributed by atoms with Gasteiger partial charge in [0.15, 0.2) is 0 Å². The van der Waals surface area contributed by atoms with Gasteiger partial charge in [0, 0.05) is 11.6 Å². The maximum Gasteiger partial charge on any atom is 0.0890 e. The lowest BCUT2D eigenvalue weighted by Crippen LogP contribution is -2.16. The molecule has 2 aromatic rings. The Morgan fingerprint density at radius 3 is 2.26 bits per heavy atom. The van der Waals surface area contributed by atoms with E-state index in [2.05, 4.69) is 64.7 Å². The average molecular weight is 256 g/mol. The quantitative estimate of drug-likeness (QED) is 0.783. The summed E-state index contributed by atoms with van der Waals surface area (Å²) in [6.07, 6.45) is 3.02. The van der Waals surface area contributed by atoms with Crippen molar-refractivity contribution in [1.82, 2.24) is 9.97 Å². The van der Waals surface area contributed by atoms with Crippen LogP contribution >= 0.6 is 0 Å². The molecule has 1 aromatic heterocycles. The predicted octanol–water partition coefficient (Wildman–Crippen LogP) is 4.61. The molecule has 1 heterocycles. The molecular formula is C17H24N2. The number of nitrogens with zero attached hydrogens (tertiary/aromatic N) is 2. The molecule has 0 bridgehead atoms. The summed E-state index contributed by atoms with van der Waals surface area (Å²) in [5, 5.41) is 0. The molecule has 0 saturated carbocycles. The summed E-state index contributed by atoms with van der Waals surface area (Å²) in [5.41, 5.74) is 4.60. The van der Waals surface area contributed by atoms with Crippen LogP contribution in [0.1, 0.15) is 59.2 Å². The summed E-state index contributed by atoms with van der Waals surface area (Å²) in [6.45, 7) is 13.3. The van der Waals surface area contributed by atoms with Gasteiger partial charge in [0.2, 0.25) is 0 Å². The number of rotatable bonds is 2. The second kappa shape index (κ2) is 4.59. The number of aromatic nitrogens is 2. The van der Waals surface area contributed by atoms with Gasteiger partial charge in [0.05, 0.1) is 16.7 Å². The maximum atomic E-state index is 4.73. The van der Waals surface area contributed by atoms with Crippen molar-refractivity contribution in [3.8, 4) is 0 Å². The monoisotopic (exact) mass is 256 g/mol. The van der Waals surface area contributed by atoms with Gasteiger partial charge in [-0.1, -0.05) is 47.6 Å². The smallest absolute Gasteiger partial charge is 0.0890 e. The summed E-state index contributed by atoms with van der Waals surface area (Å²) in [6, 6.07) is 6.47. The molecule has 0 atom stereocenters. The van der Waals surface area contributed by atoms with Crippen molar-refractivity contribution in [1.29, 1.82) is 0 Å². The first-order valence-electron chi connectivity index (χ1n) is 7.02. The Balaban J connectivity index is 2.53. The molecule has 0 aliphatic heterocycles. The summed E-state index contributed by atoms with van der Waals surface area (Å²) >= 11 is 0. The molecule has 0 aliphatic rings. The first-order chi connectivity index (χ1) is 8.74. The van der Waals surface area contributed by atoms with E-state index in [1.165, 1.54) is 5.56 Å². The highest BCUT2D eigenvalue weighted by molar-refractivity contribution is 5.75. The number of benzene rings is 1. The van der Waals surface area contributed by atoms with Gasteiger partial charge < -0.3 is 0 Å². The molecule has 0 saturated heterocycles. The van der Waals surface area contributed by atoms with Gasteiger partial charge in [-0.3, -0.25) is 4.98 Å². The third-order valence-electron chi connectivity index (χ3n) is 3.98. The fourth-order valence-corrected chi connectivity index (χ4v) is 2.00. The Morgan fingerprint density at radius 1 is 1.00 bits per heavy atom. The van der Waals surface area contributed by atoms with Gasteiger partial charge in [-0.05, 0) is 29.5 Å². The fourth-order valence-electron chi connectivity index (χ4n) is 2.00. The maximum absolute atomic E-state index is 4.73. The largest absolute Gasteiger partial charge is 0.253 e. The number of fused-ring (bicyclic) bond motifs is 1. The Bertz CT molecular complexity index is 592. The van der Waals surface area contributed by atoms with E-state index in [1.54, 1.807) is 0 Å². The minimum atomic E-state index is 0.0442. The second-order valence-corrected chi connectivity index (χ2v) is 6.95. The molecular weight excluding hydrogens is 232 g/mol. The van der Waals surface area contributed by atoms with Crippen LogP contribution in [0.25, 0.3) is 11.0 Å². The second-order valence-electron chi connectivity index (χ2n) is 6.95. The van der Waals surface area contributed by atoms with E-state index in [9.17, 15) is 0 Å². The van der Waals surface area contributed by atoms with Crippen molar-refractivity contribution < 1.29 is 0 Å². The topological polar surface area (TPSA) is 25.8 Å². The molecule has 0 amide bonds. The normalized spacial score (nSPS) is 12.9. The highest BCUT2D eigenvalue weighted by Gasteiger charge is 2.20. The van der Waals surface area contributed by atoms with Crippen LogP contribution in [0, 0.1) is 0 Å². The van der Waals surface area contributed by atoms with Gasteiger partial charge in [-0.2, -0.15) is 0 Å². The summed E-state index contributed by atoms with van der Waals surface area (Å²) in [7, 11) is 0. The summed E-state index contributed by atoms with van der Waals surface area (Å²) in [5.74, 6) is 0. The van der Waals surface area contributed by atoms with Crippen molar-refractivity contribution in [2.45, 2.75) is 58.8 Å². The van der Waals surface area contributed by atoms with Gasteiger partial charge >= 0.3 is 0 Å². The van der Waals surface area contributed by atoms with Crippen molar-refractivity contribution in [3.63, 3.8) is 0 Å². The van der Waals surface area contributed by atoms with E-state index in [-0.39, 0.29) is 10.8 Å². The highest BCUT2D eigenvalue weighted by atomic mass is 14.8. The molecule has 0 radical (unpaired) electrons. The van der Waals surface area contributed by atoms with Crippen LogP contribution in [0.15, 0.2) is 24.4 Å². The Kier molecular flexibility index (Phi) is 3.38.